The van der Waals surface area contributed by atoms with Crippen LogP contribution in [0.2, 0.25) is 0 Å². The van der Waals surface area contributed by atoms with E-state index in [2.05, 4.69) is 32.9 Å². The Labute approximate surface area is 202 Å². The number of hydrogen-bond acceptors (Lipinski definition) is 3. The molecular formula is C29H37FN2O2. The standard InChI is InChI=1S/C29H37FN2O2/c1-4-5-6-7-8-9-10-22-11-16-27-26(17-22)25(23-12-14-24(30)15-13-23)18-28(31-27)32(19-21(2)3)20-29(33)34/h11-18,21H,4-10,19-20H2,1-3H3,(H,33,34). The zero-order valence-corrected chi connectivity index (χ0v) is 20.7. The molecule has 34 heavy (non-hydrogen) atoms. The van der Waals surface area contributed by atoms with Gasteiger partial charge in [-0.3, -0.25) is 4.79 Å². The molecule has 0 fully saturated rings. The number of hydrogen-bond donors (Lipinski definition) is 1. The molecule has 5 heteroatoms. The van der Waals surface area contributed by atoms with Gasteiger partial charge in [0.1, 0.15) is 18.2 Å². The fourth-order valence-electron chi connectivity index (χ4n) is 4.40. The summed E-state index contributed by atoms with van der Waals surface area (Å²) in [5.74, 6) is -0.254. The molecule has 182 valence electrons. The fourth-order valence-corrected chi connectivity index (χ4v) is 4.40. The monoisotopic (exact) mass is 464 g/mol. The molecule has 0 atom stereocenters. The summed E-state index contributed by atoms with van der Waals surface area (Å²) < 4.78 is 13.6. The summed E-state index contributed by atoms with van der Waals surface area (Å²) in [6.07, 6.45) is 8.56. The molecule has 0 radical (unpaired) electrons. The largest absolute Gasteiger partial charge is 0.480 e. The van der Waals surface area contributed by atoms with Crippen LogP contribution in [0.1, 0.15) is 64.9 Å². The molecule has 0 spiro atoms. The van der Waals surface area contributed by atoms with E-state index in [9.17, 15) is 14.3 Å². The first kappa shape index (κ1) is 25.7. The van der Waals surface area contributed by atoms with Crippen LogP contribution in [-0.2, 0) is 11.2 Å². The smallest absolute Gasteiger partial charge is 0.323 e. The number of aryl methyl sites for hydroxylation is 1. The van der Waals surface area contributed by atoms with E-state index >= 15 is 0 Å². The summed E-state index contributed by atoms with van der Waals surface area (Å²) in [4.78, 5) is 18.2. The average Bonchev–Trinajstić information content (AvgIpc) is 2.80. The van der Waals surface area contributed by atoms with E-state index in [1.807, 2.05) is 17.0 Å². The molecular weight excluding hydrogens is 427 g/mol. The van der Waals surface area contributed by atoms with Gasteiger partial charge in [0.25, 0.3) is 0 Å². The van der Waals surface area contributed by atoms with Crippen LogP contribution in [0.5, 0.6) is 0 Å². The second-order valence-electron chi connectivity index (χ2n) is 9.57. The summed E-state index contributed by atoms with van der Waals surface area (Å²) in [5, 5.41) is 10.5. The molecule has 0 bridgehead atoms. The Morgan fingerprint density at radius 2 is 1.71 bits per heavy atom. The van der Waals surface area contributed by atoms with E-state index in [0.717, 1.165) is 34.9 Å². The zero-order valence-electron chi connectivity index (χ0n) is 20.7. The number of benzene rings is 2. The quantitative estimate of drug-likeness (QED) is 0.266. The van der Waals surface area contributed by atoms with Gasteiger partial charge in [0.2, 0.25) is 0 Å². The number of carboxylic acid groups (broad SMARTS) is 1. The van der Waals surface area contributed by atoms with Crippen molar-refractivity contribution in [2.75, 3.05) is 18.0 Å². The van der Waals surface area contributed by atoms with Crippen molar-refractivity contribution in [3.05, 3.63) is 59.9 Å². The average molecular weight is 465 g/mol. The number of rotatable bonds is 13. The Morgan fingerprint density at radius 3 is 2.38 bits per heavy atom. The number of carbonyl (C=O) groups is 1. The molecule has 1 aromatic heterocycles. The maximum absolute atomic E-state index is 13.6. The molecule has 0 amide bonds. The van der Waals surface area contributed by atoms with E-state index in [1.165, 1.54) is 49.8 Å². The summed E-state index contributed by atoms with van der Waals surface area (Å²) in [6, 6.07) is 14.8. The minimum atomic E-state index is -0.889. The van der Waals surface area contributed by atoms with Crippen molar-refractivity contribution >= 4 is 22.7 Å². The van der Waals surface area contributed by atoms with Crippen LogP contribution in [0.15, 0.2) is 48.5 Å². The van der Waals surface area contributed by atoms with Gasteiger partial charge < -0.3 is 10.0 Å². The Bertz CT molecular complexity index is 1080. The molecule has 0 aliphatic rings. The maximum atomic E-state index is 13.6. The second kappa shape index (κ2) is 12.5. The van der Waals surface area contributed by atoms with Crippen molar-refractivity contribution in [2.45, 2.75) is 65.7 Å². The Morgan fingerprint density at radius 1 is 1.00 bits per heavy atom. The minimum absolute atomic E-state index is 0.115. The van der Waals surface area contributed by atoms with Crippen molar-refractivity contribution in [1.29, 1.82) is 0 Å². The van der Waals surface area contributed by atoms with E-state index in [4.69, 9.17) is 4.98 Å². The van der Waals surface area contributed by atoms with Gasteiger partial charge in [-0.15, -0.1) is 0 Å². The number of pyridine rings is 1. The van der Waals surface area contributed by atoms with Gasteiger partial charge >= 0.3 is 5.97 Å². The molecule has 1 heterocycles. The molecule has 3 rings (SSSR count). The minimum Gasteiger partial charge on any atom is -0.480 e. The number of unbranched alkanes of at least 4 members (excludes halogenated alkanes) is 5. The van der Waals surface area contributed by atoms with Crippen LogP contribution in [0.3, 0.4) is 0 Å². The van der Waals surface area contributed by atoms with Gasteiger partial charge in [0, 0.05) is 11.9 Å². The third-order valence-electron chi connectivity index (χ3n) is 6.07. The van der Waals surface area contributed by atoms with Crippen molar-refractivity contribution in [2.24, 2.45) is 5.92 Å². The molecule has 2 aromatic carbocycles. The lowest BCUT2D eigenvalue weighted by Gasteiger charge is -2.25. The molecule has 0 saturated heterocycles. The molecule has 0 aliphatic carbocycles. The maximum Gasteiger partial charge on any atom is 0.323 e. The predicted molar refractivity (Wildman–Crippen MR) is 139 cm³/mol. The summed E-state index contributed by atoms with van der Waals surface area (Å²) in [5.41, 5.74) is 3.93. The van der Waals surface area contributed by atoms with E-state index in [1.54, 1.807) is 12.1 Å². The van der Waals surface area contributed by atoms with Crippen molar-refractivity contribution < 1.29 is 14.3 Å². The van der Waals surface area contributed by atoms with Crippen LogP contribution < -0.4 is 4.90 Å². The van der Waals surface area contributed by atoms with E-state index in [-0.39, 0.29) is 18.3 Å². The third kappa shape index (κ3) is 7.28. The molecule has 1 N–H and O–H groups in total. The lowest BCUT2D eigenvalue weighted by atomic mass is 9.97. The number of aromatic nitrogens is 1. The van der Waals surface area contributed by atoms with Gasteiger partial charge in [-0.2, -0.15) is 0 Å². The summed E-state index contributed by atoms with van der Waals surface area (Å²) in [6.45, 7) is 6.83. The third-order valence-corrected chi connectivity index (χ3v) is 6.07. The zero-order chi connectivity index (χ0) is 24.5. The fraction of sp³-hybridized carbons (Fsp3) is 0.448. The summed E-state index contributed by atoms with van der Waals surface area (Å²) in [7, 11) is 0. The molecule has 0 unspecified atom stereocenters. The first-order chi connectivity index (χ1) is 16.4. The highest BCUT2D eigenvalue weighted by Gasteiger charge is 2.17. The molecule has 0 aliphatic heterocycles. The van der Waals surface area contributed by atoms with Crippen LogP contribution in [-0.4, -0.2) is 29.1 Å². The Balaban J connectivity index is 1.98. The van der Waals surface area contributed by atoms with Crippen LogP contribution in [0.4, 0.5) is 10.2 Å². The highest BCUT2D eigenvalue weighted by atomic mass is 19.1. The van der Waals surface area contributed by atoms with Crippen molar-refractivity contribution in [3.8, 4) is 11.1 Å². The number of aliphatic carboxylic acids is 1. The Hall–Kier alpha value is -2.95. The van der Waals surface area contributed by atoms with E-state index in [0.29, 0.717) is 12.4 Å². The lowest BCUT2D eigenvalue weighted by Crippen LogP contribution is -2.33. The number of carboxylic acids is 1. The molecule has 3 aromatic rings. The van der Waals surface area contributed by atoms with E-state index < -0.39 is 5.97 Å². The molecule has 0 saturated carbocycles. The number of anilines is 1. The van der Waals surface area contributed by atoms with Crippen molar-refractivity contribution in [3.63, 3.8) is 0 Å². The van der Waals surface area contributed by atoms with Gasteiger partial charge in [0.05, 0.1) is 5.52 Å². The van der Waals surface area contributed by atoms with Gasteiger partial charge in [-0.05, 0) is 65.8 Å². The number of nitrogens with zero attached hydrogens (tertiary/aromatic N) is 2. The molecule has 4 nitrogen and oxygen atoms in total. The number of halogens is 1. The predicted octanol–water partition coefficient (Wildman–Crippen LogP) is 7.49. The second-order valence-corrected chi connectivity index (χ2v) is 9.57. The number of fused-ring (bicyclic) bond motifs is 1. The van der Waals surface area contributed by atoms with Crippen LogP contribution in [0.25, 0.3) is 22.0 Å². The normalized spacial score (nSPS) is 11.3. The highest BCUT2D eigenvalue weighted by Crippen LogP contribution is 2.33. The van der Waals surface area contributed by atoms with Crippen LogP contribution >= 0.6 is 0 Å². The van der Waals surface area contributed by atoms with Gasteiger partial charge in [-0.1, -0.05) is 71.1 Å². The SMILES string of the molecule is CCCCCCCCc1ccc2nc(N(CC(=O)O)CC(C)C)cc(-c3ccc(F)cc3)c2c1. The lowest BCUT2D eigenvalue weighted by molar-refractivity contribution is -0.135. The first-order valence-corrected chi connectivity index (χ1v) is 12.5. The van der Waals surface area contributed by atoms with Gasteiger partial charge in [0.15, 0.2) is 0 Å². The van der Waals surface area contributed by atoms with Gasteiger partial charge in [-0.25, -0.2) is 9.37 Å². The van der Waals surface area contributed by atoms with Crippen LogP contribution in [0, 0.1) is 11.7 Å². The van der Waals surface area contributed by atoms with Crippen molar-refractivity contribution in [1.82, 2.24) is 4.98 Å². The Kier molecular flexibility index (Phi) is 9.43. The highest BCUT2D eigenvalue weighted by molar-refractivity contribution is 5.96. The topological polar surface area (TPSA) is 53.4 Å². The first-order valence-electron chi connectivity index (χ1n) is 12.5. The summed E-state index contributed by atoms with van der Waals surface area (Å²) >= 11 is 0.